The second-order valence-electron chi connectivity index (χ2n) is 7.52. The molecule has 1 amide bonds. The van der Waals surface area contributed by atoms with Crippen LogP contribution in [-0.4, -0.2) is 41.8 Å². The number of piperidine rings is 1. The van der Waals surface area contributed by atoms with Gasteiger partial charge < -0.3 is 9.64 Å². The normalized spacial score (nSPS) is 17.7. The summed E-state index contributed by atoms with van der Waals surface area (Å²) in [4.78, 5) is 39.1. The van der Waals surface area contributed by atoms with Crippen molar-refractivity contribution in [1.29, 1.82) is 0 Å². The molecule has 1 saturated heterocycles. The first-order valence-corrected chi connectivity index (χ1v) is 9.60. The molecule has 1 aromatic rings. The molecule has 1 aromatic carbocycles. The van der Waals surface area contributed by atoms with Crippen LogP contribution in [0.2, 0.25) is 0 Å². The predicted molar refractivity (Wildman–Crippen MR) is 105 cm³/mol. The van der Waals surface area contributed by atoms with Crippen LogP contribution in [0.1, 0.15) is 52.0 Å². The smallest absolute Gasteiger partial charge is 0.329 e. The van der Waals surface area contributed by atoms with Gasteiger partial charge in [-0.05, 0) is 37.3 Å². The van der Waals surface area contributed by atoms with E-state index < -0.39 is 29.1 Å². The third kappa shape index (κ3) is 5.52. The van der Waals surface area contributed by atoms with E-state index in [4.69, 9.17) is 4.74 Å². The molecule has 1 heterocycles. The summed E-state index contributed by atoms with van der Waals surface area (Å²) in [5.74, 6) is -1.44. The molecule has 5 nitrogen and oxygen atoms in total. The van der Waals surface area contributed by atoms with Crippen molar-refractivity contribution < 1.29 is 19.1 Å². The lowest BCUT2D eigenvalue weighted by molar-refractivity contribution is -0.160. The molecule has 1 aliphatic heterocycles. The van der Waals surface area contributed by atoms with Crippen molar-refractivity contribution in [2.75, 3.05) is 13.2 Å². The Kier molecular flexibility index (Phi) is 7.34. The maximum Gasteiger partial charge on any atom is 0.329 e. The summed E-state index contributed by atoms with van der Waals surface area (Å²) in [7, 11) is 0. The number of ether oxygens (including phenoxy) is 1. The third-order valence-electron chi connectivity index (χ3n) is 5.16. The Bertz CT molecular complexity index is 694. The zero-order chi connectivity index (χ0) is 19.9. The van der Waals surface area contributed by atoms with E-state index in [1.807, 2.05) is 43.3 Å². The minimum Gasteiger partial charge on any atom is -0.460 e. The van der Waals surface area contributed by atoms with Crippen LogP contribution in [0, 0.1) is 5.41 Å². The SMILES string of the molecule is CCC(C)(C)C(=O)C(=O)N1CCCCC1C(=O)OCC=Cc1ccccc1. The number of ketones is 1. The van der Waals surface area contributed by atoms with Crippen molar-refractivity contribution in [3.63, 3.8) is 0 Å². The molecule has 0 aromatic heterocycles. The van der Waals surface area contributed by atoms with Gasteiger partial charge in [-0.15, -0.1) is 0 Å². The van der Waals surface area contributed by atoms with E-state index in [0.717, 1.165) is 18.4 Å². The minimum absolute atomic E-state index is 0.140. The molecule has 0 bridgehead atoms. The van der Waals surface area contributed by atoms with Gasteiger partial charge in [0.1, 0.15) is 12.6 Å². The number of amides is 1. The van der Waals surface area contributed by atoms with Crippen LogP contribution in [0.5, 0.6) is 0 Å². The van der Waals surface area contributed by atoms with Gasteiger partial charge in [-0.3, -0.25) is 9.59 Å². The van der Waals surface area contributed by atoms with Gasteiger partial charge in [0.25, 0.3) is 5.91 Å². The van der Waals surface area contributed by atoms with Crippen molar-refractivity contribution in [2.45, 2.75) is 52.5 Å². The maximum absolute atomic E-state index is 12.7. The van der Waals surface area contributed by atoms with Gasteiger partial charge in [-0.1, -0.05) is 57.2 Å². The van der Waals surface area contributed by atoms with Crippen LogP contribution in [-0.2, 0) is 19.1 Å². The quantitative estimate of drug-likeness (QED) is 0.542. The Morgan fingerprint density at radius 1 is 1.19 bits per heavy atom. The molecule has 0 radical (unpaired) electrons. The van der Waals surface area contributed by atoms with Gasteiger partial charge in [0, 0.05) is 12.0 Å². The lowest BCUT2D eigenvalue weighted by Crippen LogP contribution is -2.53. The fraction of sp³-hybridized carbons (Fsp3) is 0.500. The van der Waals surface area contributed by atoms with Crippen molar-refractivity contribution in [2.24, 2.45) is 5.41 Å². The van der Waals surface area contributed by atoms with E-state index in [9.17, 15) is 14.4 Å². The number of Topliss-reactive ketones (excluding diaryl/α,β-unsaturated/α-hetero) is 1. The number of rotatable bonds is 7. The lowest BCUT2D eigenvalue weighted by Gasteiger charge is -2.35. The molecule has 1 unspecified atom stereocenters. The van der Waals surface area contributed by atoms with Crippen LogP contribution in [0.25, 0.3) is 6.08 Å². The molecule has 27 heavy (non-hydrogen) atoms. The topological polar surface area (TPSA) is 63.7 Å². The van der Waals surface area contributed by atoms with E-state index in [1.54, 1.807) is 19.9 Å². The summed E-state index contributed by atoms with van der Waals surface area (Å²) in [5, 5.41) is 0. The van der Waals surface area contributed by atoms with E-state index in [0.29, 0.717) is 19.4 Å². The van der Waals surface area contributed by atoms with E-state index in [-0.39, 0.29) is 6.61 Å². The molecule has 0 aliphatic carbocycles. The molecule has 0 N–H and O–H groups in total. The average Bonchev–Trinajstić information content (AvgIpc) is 2.70. The van der Waals surface area contributed by atoms with Crippen molar-refractivity contribution in [1.82, 2.24) is 4.90 Å². The molecule has 2 rings (SSSR count). The Morgan fingerprint density at radius 3 is 2.56 bits per heavy atom. The second-order valence-corrected chi connectivity index (χ2v) is 7.52. The van der Waals surface area contributed by atoms with Crippen molar-refractivity contribution in [3.05, 3.63) is 42.0 Å². The van der Waals surface area contributed by atoms with E-state index in [2.05, 4.69) is 0 Å². The summed E-state index contributed by atoms with van der Waals surface area (Å²) < 4.78 is 5.34. The fourth-order valence-electron chi connectivity index (χ4n) is 2.97. The molecule has 1 atom stereocenters. The van der Waals surface area contributed by atoms with Crippen molar-refractivity contribution >= 4 is 23.7 Å². The summed E-state index contributed by atoms with van der Waals surface area (Å²) in [6.07, 6.45) is 6.40. The molecular weight excluding hydrogens is 342 g/mol. The van der Waals surface area contributed by atoms with Crippen LogP contribution < -0.4 is 0 Å². The first-order valence-electron chi connectivity index (χ1n) is 9.60. The zero-order valence-electron chi connectivity index (χ0n) is 16.4. The molecule has 1 aliphatic rings. The molecule has 0 saturated carbocycles. The zero-order valence-corrected chi connectivity index (χ0v) is 16.4. The van der Waals surface area contributed by atoms with E-state index in [1.165, 1.54) is 4.90 Å². The number of esters is 1. The Hall–Kier alpha value is -2.43. The van der Waals surface area contributed by atoms with Crippen molar-refractivity contribution in [3.8, 4) is 0 Å². The second kappa shape index (κ2) is 9.49. The number of nitrogens with zero attached hydrogens (tertiary/aromatic N) is 1. The maximum atomic E-state index is 12.7. The first-order chi connectivity index (χ1) is 12.9. The highest BCUT2D eigenvalue weighted by Gasteiger charge is 2.40. The molecule has 0 spiro atoms. The Morgan fingerprint density at radius 2 is 1.89 bits per heavy atom. The summed E-state index contributed by atoms with van der Waals surface area (Å²) in [6.45, 7) is 5.97. The summed E-state index contributed by atoms with van der Waals surface area (Å²) >= 11 is 0. The number of benzene rings is 1. The fourth-order valence-corrected chi connectivity index (χ4v) is 2.97. The molecular formula is C22H29NO4. The van der Waals surface area contributed by atoms with Gasteiger partial charge in [-0.2, -0.15) is 0 Å². The highest BCUT2D eigenvalue weighted by atomic mass is 16.5. The summed E-state index contributed by atoms with van der Waals surface area (Å²) in [5.41, 5.74) is 0.303. The van der Waals surface area contributed by atoms with E-state index >= 15 is 0 Å². The summed E-state index contributed by atoms with van der Waals surface area (Å²) in [6, 6.07) is 9.06. The van der Waals surface area contributed by atoms with Gasteiger partial charge >= 0.3 is 5.97 Å². The number of carbonyl (C=O) groups excluding carboxylic acids is 3. The monoisotopic (exact) mass is 371 g/mol. The number of likely N-dealkylation sites (tertiary alicyclic amines) is 1. The van der Waals surface area contributed by atoms with Gasteiger partial charge in [0.2, 0.25) is 5.78 Å². The highest BCUT2D eigenvalue weighted by molar-refractivity contribution is 6.38. The largest absolute Gasteiger partial charge is 0.460 e. The van der Waals surface area contributed by atoms with Gasteiger partial charge in [-0.25, -0.2) is 4.79 Å². The first kappa shape index (κ1) is 20.9. The third-order valence-corrected chi connectivity index (χ3v) is 5.16. The predicted octanol–water partition coefficient (Wildman–Crippen LogP) is 3.63. The average molecular weight is 371 g/mol. The molecule has 5 heteroatoms. The van der Waals surface area contributed by atoms with Crippen LogP contribution >= 0.6 is 0 Å². The number of hydrogen-bond donors (Lipinski definition) is 0. The highest BCUT2D eigenvalue weighted by Crippen LogP contribution is 2.25. The Labute approximate surface area is 161 Å². The van der Waals surface area contributed by atoms with Gasteiger partial charge in [0.15, 0.2) is 0 Å². The van der Waals surface area contributed by atoms with Gasteiger partial charge in [0.05, 0.1) is 0 Å². The lowest BCUT2D eigenvalue weighted by atomic mass is 9.84. The number of hydrogen-bond acceptors (Lipinski definition) is 4. The Balaban J connectivity index is 1.97. The van der Waals surface area contributed by atoms with Crippen LogP contribution in [0.15, 0.2) is 36.4 Å². The van der Waals surface area contributed by atoms with Crippen LogP contribution in [0.4, 0.5) is 0 Å². The number of carbonyl (C=O) groups is 3. The van der Waals surface area contributed by atoms with Crippen LogP contribution in [0.3, 0.4) is 0 Å². The standard InChI is InChI=1S/C22H29NO4/c1-4-22(2,3)19(24)20(25)23-15-9-8-14-18(23)21(26)27-16-10-13-17-11-6-5-7-12-17/h5-7,10-13,18H,4,8-9,14-16H2,1-3H3. The molecule has 146 valence electrons. The minimum atomic E-state index is -0.721. The molecule has 1 fully saturated rings.